The van der Waals surface area contributed by atoms with Crippen LogP contribution < -0.4 is 5.73 Å². The molecule has 1 aliphatic rings. The molecule has 0 unspecified atom stereocenters. The summed E-state index contributed by atoms with van der Waals surface area (Å²) in [6.45, 7) is 7.55. The van der Waals surface area contributed by atoms with Gasteiger partial charge in [-0.15, -0.1) is 36.2 Å². The summed E-state index contributed by atoms with van der Waals surface area (Å²) in [7, 11) is 0. The summed E-state index contributed by atoms with van der Waals surface area (Å²) >= 11 is 1.54. The van der Waals surface area contributed by atoms with Crippen LogP contribution in [0, 0.1) is 12.8 Å². The van der Waals surface area contributed by atoms with E-state index in [4.69, 9.17) is 5.73 Å². The van der Waals surface area contributed by atoms with Gasteiger partial charge in [0.05, 0.1) is 10.7 Å². The number of halogens is 2. The molecule has 1 aromatic carbocycles. The zero-order valence-electron chi connectivity index (χ0n) is 15.3. The van der Waals surface area contributed by atoms with Gasteiger partial charge in [-0.25, -0.2) is 4.98 Å². The number of carbonyl (C=O) groups excluding carboxylic acids is 1. The highest BCUT2D eigenvalue weighted by atomic mass is 35.5. The molecule has 7 heteroatoms. The Bertz CT molecular complexity index is 721. The first-order valence-electron chi connectivity index (χ1n) is 8.51. The van der Waals surface area contributed by atoms with E-state index in [1.54, 1.807) is 0 Å². The van der Waals surface area contributed by atoms with Gasteiger partial charge in [-0.2, -0.15) is 0 Å². The maximum absolute atomic E-state index is 12.9. The van der Waals surface area contributed by atoms with Crippen LogP contribution in [0.3, 0.4) is 0 Å². The number of aromatic nitrogens is 1. The summed E-state index contributed by atoms with van der Waals surface area (Å²) in [6, 6.07) is 10.2. The summed E-state index contributed by atoms with van der Waals surface area (Å²) in [4.78, 5) is 20.2. The molecular weight excluding hydrogens is 389 g/mol. The molecule has 0 aliphatic carbocycles. The Kier molecular flexibility index (Phi) is 8.54. The SMILES string of the molecule is Cc1nc(CC(C)C)sc1C(=O)N1C[C@@H](N)[C@H](c2ccccc2)C1.Cl.Cl. The number of benzene rings is 1. The van der Waals surface area contributed by atoms with Crippen LogP contribution >= 0.6 is 36.2 Å². The second-order valence-electron chi connectivity index (χ2n) is 7.01. The molecule has 26 heavy (non-hydrogen) atoms. The second kappa shape index (κ2) is 9.70. The first-order chi connectivity index (χ1) is 11.5. The van der Waals surface area contributed by atoms with Gasteiger partial charge in [0.2, 0.25) is 0 Å². The Morgan fingerprint density at radius 1 is 1.27 bits per heavy atom. The van der Waals surface area contributed by atoms with Gasteiger partial charge in [0.25, 0.3) is 5.91 Å². The third kappa shape index (κ3) is 4.97. The number of hydrogen-bond donors (Lipinski definition) is 1. The lowest BCUT2D eigenvalue weighted by Crippen LogP contribution is -2.32. The molecule has 3 rings (SSSR count). The topological polar surface area (TPSA) is 59.2 Å². The minimum atomic E-state index is -0.0142. The first-order valence-corrected chi connectivity index (χ1v) is 9.33. The molecule has 144 valence electrons. The fourth-order valence-electron chi connectivity index (χ4n) is 3.28. The van der Waals surface area contributed by atoms with Crippen molar-refractivity contribution in [3.05, 3.63) is 51.5 Å². The van der Waals surface area contributed by atoms with Gasteiger partial charge in [0, 0.05) is 31.5 Å². The van der Waals surface area contributed by atoms with Crippen molar-refractivity contribution in [2.24, 2.45) is 11.7 Å². The Morgan fingerprint density at radius 2 is 1.92 bits per heavy atom. The number of amides is 1. The highest BCUT2D eigenvalue weighted by Gasteiger charge is 2.35. The zero-order chi connectivity index (χ0) is 17.3. The normalized spacial score (nSPS) is 19.2. The number of nitrogens with two attached hydrogens (primary N) is 1. The largest absolute Gasteiger partial charge is 0.336 e. The smallest absolute Gasteiger partial charge is 0.265 e. The van der Waals surface area contributed by atoms with Crippen LogP contribution in [0.4, 0.5) is 0 Å². The van der Waals surface area contributed by atoms with E-state index in [2.05, 4.69) is 31.0 Å². The quantitative estimate of drug-likeness (QED) is 0.818. The van der Waals surface area contributed by atoms with E-state index in [0.29, 0.717) is 19.0 Å². The Hall–Kier alpha value is -1.14. The minimum absolute atomic E-state index is 0. The minimum Gasteiger partial charge on any atom is -0.336 e. The van der Waals surface area contributed by atoms with E-state index in [-0.39, 0.29) is 42.7 Å². The molecule has 2 N–H and O–H groups in total. The van der Waals surface area contributed by atoms with Crippen LogP contribution in [-0.4, -0.2) is 34.9 Å². The van der Waals surface area contributed by atoms with Crippen LogP contribution in [0.15, 0.2) is 30.3 Å². The van der Waals surface area contributed by atoms with Crippen molar-refractivity contribution < 1.29 is 4.79 Å². The maximum Gasteiger partial charge on any atom is 0.265 e. The zero-order valence-corrected chi connectivity index (χ0v) is 17.8. The summed E-state index contributed by atoms with van der Waals surface area (Å²) in [5.74, 6) is 0.827. The third-order valence-corrected chi connectivity index (χ3v) is 5.67. The van der Waals surface area contributed by atoms with Crippen molar-refractivity contribution >= 4 is 42.1 Å². The van der Waals surface area contributed by atoms with Crippen LogP contribution in [0.1, 0.15) is 45.7 Å². The van der Waals surface area contributed by atoms with Crippen molar-refractivity contribution in [2.75, 3.05) is 13.1 Å². The lowest BCUT2D eigenvalue weighted by molar-refractivity contribution is 0.0793. The molecule has 2 heterocycles. The van der Waals surface area contributed by atoms with Gasteiger partial charge in [-0.3, -0.25) is 4.79 Å². The molecule has 2 atom stereocenters. The molecule has 1 saturated heterocycles. The average Bonchev–Trinajstić information content (AvgIpc) is 3.10. The standard InChI is InChI=1S/C19H25N3OS.2ClH/c1-12(2)9-17-21-13(3)18(24-17)19(23)22-10-15(16(20)11-22)14-7-5-4-6-8-14;;/h4-8,12,15-16H,9-11,20H2,1-3H3;2*1H/t15-,16+;;/m0../s1. The molecule has 1 aliphatic heterocycles. The van der Waals surface area contributed by atoms with Crippen molar-refractivity contribution in [3.8, 4) is 0 Å². The van der Waals surface area contributed by atoms with Crippen molar-refractivity contribution in [2.45, 2.75) is 39.2 Å². The van der Waals surface area contributed by atoms with Crippen molar-refractivity contribution in [3.63, 3.8) is 0 Å². The van der Waals surface area contributed by atoms with E-state index < -0.39 is 0 Å². The van der Waals surface area contributed by atoms with E-state index >= 15 is 0 Å². The highest BCUT2D eigenvalue weighted by molar-refractivity contribution is 7.13. The lowest BCUT2D eigenvalue weighted by Gasteiger charge is -2.16. The van der Waals surface area contributed by atoms with E-state index in [1.165, 1.54) is 16.9 Å². The highest BCUT2D eigenvalue weighted by Crippen LogP contribution is 2.29. The summed E-state index contributed by atoms with van der Waals surface area (Å²) in [5.41, 5.74) is 8.38. The summed E-state index contributed by atoms with van der Waals surface area (Å²) in [6.07, 6.45) is 0.922. The van der Waals surface area contributed by atoms with Crippen LogP contribution in [0.25, 0.3) is 0 Å². The maximum atomic E-state index is 12.9. The Labute approximate surface area is 172 Å². The number of thiazole rings is 1. The molecule has 0 saturated carbocycles. The molecule has 2 aromatic rings. The van der Waals surface area contributed by atoms with E-state index in [0.717, 1.165) is 22.0 Å². The summed E-state index contributed by atoms with van der Waals surface area (Å²) in [5, 5.41) is 1.05. The Balaban J connectivity index is 0.00000169. The fraction of sp³-hybridized carbons (Fsp3) is 0.474. The van der Waals surface area contributed by atoms with Crippen LogP contribution in [0.2, 0.25) is 0 Å². The van der Waals surface area contributed by atoms with Gasteiger partial charge < -0.3 is 10.6 Å². The summed E-state index contributed by atoms with van der Waals surface area (Å²) < 4.78 is 0. The van der Waals surface area contributed by atoms with Gasteiger partial charge >= 0.3 is 0 Å². The van der Waals surface area contributed by atoms with Gasteiger partial charge in [0.15, 0.2) is 0 Å². The molecular formula is C19H27Cl2N3OS. The van der Waals surface area contributed by atoms with E-state index in [9.17, 15) is 4.79 Å². The number of hydrogen-bond acceptors (Lipinski definition) is 4. The molecule has 1 amide bonds. The average molecular weight is 416 g/mol. The lowest BCUT2D eigenvalue weighted by atomic mass is 9.95. The number of likely N-dealkylation sites (tertiary alicyclic amines) is 1. The molecule has 4 nitrogen and oxygen atoms in total. The second-order valence-corrected chi connectivity index (χ2v) is 8.09. The molecule has 1 aromatic heterocycles. The molecule has 0 spiro atoms. The monoisotopic (exact) mass is 415 g/mol. The van der Waals surface area contributed by atoms with Gasteiger partial charge in [0.1, 0.15) is 4.88 Å². The number of nitrogens with zero attached hydrogens (tertiary/aromatic N) is 2. The predicted octanol–water partition coefficient (Wildman–Crippen LogP) is 4.06. The number of rotatable bonds is 4. The molecule has 0 radical (unpaired) electrons. The van der Waals surface area contributed by atoms with E-state index in [1.807, 2.05) is 30.0 Å². The van der Waals surface area contributed by atoms with Gasteiger partial charge in [-0.1, -0.05) is 44.2 Å². The fourth-order valence-corrected chi connectivity index (χ4v) is 4.52. The molecule has 0 bridgehead atoms. The predicted molar refractivity (Wildman–Crippen MR) is 113 cm³/mol. The van der Waals surface area contributed by atoms with Crippen LogP contribution in [0.5, 0.6) is 0 Å². The van der Waals surface area contributed by atoms with Crippen LogP contribution in [-0.2, 0) is 6.42 Å². The number of carbonyl (C=O) groups is 1. The molecule has 1 fully saturated rings. The van der Waals surface area contributed by atoms with Gasteiger partial charge in [-0.05, 0) is 18.4 Å². The van der Waals surface area contributed by atoms with Crippen molar-refractivity contribution in [1.29, 1.82) is 0 Å². The number of aryl methyl sites for hydroxylation is 1. The Morgan fingerprint density at radius 3 is 2.54 bits per heavy atom. The first kappa shape index (κ1) is 22.9. The third-order valence-electron chi connectivity index (χ3n) is 4.50. The van der Waals surface area contributed by atoms with Crippen molar-refractivity contribution in [1.82, 2.24) is 9.88 Å².